The van der Waals surface area contributed by atoms with E-state index in [1.807, 2.05) is 18.2 Å². The highest BCUT2D eigenvalue weighted by molar-refractivity contribution is 7.22. The first-order valence-electron chi connectivity index (χ1n) is 7.19. The molecule has 0 amide bonds. The van der Waals surface area contributed by atoms with Gasteiger partial charge in [-0.2, -0.15) is 0 Å². The van der Waals surface area contributed by atoms with E-state index in [1.165, 1.54) is 24.2 Å². The average molecular weight is 291 g/mol. The van der Waals surface area contributed by atoms with Crippen molar-refractivity contribution in [2.75, 3.05) is 38.6 Å². The van der Waals surface area contributed by atoms with E-state index >= 15 is 0 Å². The van der Waals surface area contributed by atoms with Crippen LogP contribution < -0.4 is 10.1 Å². The molecule has 0 radical (unpaired) electrons. The molecule has 1 aromatic carbocycles. The first kappa shape index (κ1) is 13.6. The van der Waals surface area contributed by atoms with Crippen molar-refractivity contribution in [3.63, 3.8) is 0 Å². The zero-order chi connectivity index (χ0) is 13.9. The largest absolute Gasteiger partial charge is 0.497 e. The summed E-state index contributed by atoms with van der Waals surface area (Å²) in [6.07, 6.45) is 1.29. The Morgan fingerprint density at radius 2 is 2.40 bits per heavy atom. The molecule has 1 saturated heterocycles. The van der Waals surface area contributed by atoms with E-state index in [2.05, 4.69) is 22.1 Å². The number of thiazole rings is 1. The van der Waals surface area contributed by atoms with Gasteiger partial charge < -0.3 is 15.0 Å². The van der Waals surface area contributed by atoms with Gasteiger partial charge in [0.2, 0.25) is 0 Å². The molecule has 4 nitrogen and oxygen atoms in total. The lowest BCUT2D eigenvalue weighted by atomic mass is 10.1. The van der Waals surface area contributed by atoms with Crippen molar-refractivity contribution in [2.24, 2.45) is 5.92 Å². The van der Waals surface area contributed by atoms with Crippen LogP contribution in [-0.2, 0) is 0 Å². The van der Waals surface area contributed by atoms with E-state index in [4.69, 9.17) is 4.74 Å². The fraction of sp³-hybridized carbons (Fsp3) is 0.533. The molecule has 2 aromatic rings. The summed E-state index contributed by atoms with van der Waals surface area (Å²) in [6, 6.07) is 6.03. The molecule has 1 N–H and O–H groups in total. The van der Waals surface area contributed by atoms with Crippen molar-refractivity contribution in [3.8, 4) is 5.75 Å². The molecule has 0 saturated carbocycles. The quantitative estimate of drug-likeness (QED) is 0.918. The standard InChI is InChI=1S/C15H21N3OS/c1-3-18-7-6-11(10-18)9-16-15-17-13-5-4-12(19-2)8-14(13)20-15/h4-5,8,11H,3,6-7,9-10H2,1-2H3,(H,16,17). The monoisotopic (exact) mass is 291 g/mol. The molecular weight excluding hydrogens is 270 g/mol. The SMILES string of the molecule is CCN1CCC(CNc2nc3ccc(OC)cc3s2)C1. The Balaban J connectivity index is 1.63. The fourth-order valence-corrected chi connectivity index (χ4v) is 3.61. The summed E-state index contributed by atoms with van der Waals surface area (Å²) >= 11 is 1.70. The molecule has 108 valence electrons. The average Bonchev–Trinajstić information content (AvgIpc) is 3.10. The normalized spacial score (nSPS) is 19.6. The third-order valence-corrected chi connectivity index (χ3v) is 4.93. The van der Waals surface area contributed by atoms with Gasteiger partial charge >= 0.3 is 0 Å². The van der Waals surface area contributed by atoms with Gasteiger partial charge in [0.1, 0.15) is 5.75 Å². The minimum atomic E-state index is 0.747. The van der Waals surface area contributed by atoms with Crippen LogP contribution in [0.15, 0.2) is 18.2 Å². The molecule has 1 aliphatic heterocycles. The molecular formula is C15H21N3OS. The Kier molecular flexibility index (Phi) is 4.08. The highest BCUT2D eigenvalue weighted by atomic mass is 32.1. The topological polar surface area (TPSA) is 37.4 Å². The van der Waals surface area contributed by atoms with Gasteiger partial charge in [-0.3, -0.25) is 0 Å². The maximum Gasteiger partial charge on any atom is 0.183 e. The maximum atomic E-state index is 5.25. The number of rotatable bonds is 5. The molecule has 0 spiro atoms. The Hall–Kier alpha value is -1.33. The second-order valence-electron chi connectivity index (χ2n) is 5.28. The van der Waals surface area contributed by atoms with E-state index in [0.717, 1.165) is 35.4 Å². The number of likely N-dealkylation sites (tertiary alicyclic amines) is 1. The number of nitrogens with zero attached hydrogens (tertiary/aromatic N) is 2. The molecule has 1 aromatic heterocycles. The summed E-state index contributed by atoms with van der Waals surface area (Å²) < 4.78 is 6.42. The van der Waals surface area contributed by atoms with Crippen LogP contribution >= 0.6 is 11.3 Å². The summed E-state index contributed by atoms with van der Waals surface area (Å²) in [5, 5.41) is 4.51. The predicted molar refractivity (Wildman–Crippen MR) is 84.9 cm³/mol. The van der Waals surface area contributed by atoms with Gasteiger partial charge in [-0.15, -0.1) is 0 Å². The Bertz CT molecular complexity index is 584. The smallest absolute Gasteiger partial charge is 0.183 e. The zero-order valence-corrected chi connectivity index (χ0v) is 12.9. The molecule has 5 heteroatoms. The molecule has 1 atom stereocenters. The molecule has 1 aliphatic rings. The van der Waals surface area contributed by atoms with E-state index in [1.54, 1.807) is 18.4 Å². The highest BCUT2D eigenvalue weighted by Gasteiger charge is 2.21. The lowest BCUT2D eigenvalue weighted by Crippen LogP contribution is -2.22. The number of benzene rings is 1. The molecule has 1 fully saturated rings. The van der Waals surface area contributed by atoms with Crippen LogP contribution in [0, 0.1) is 5.92 Å². The molecule has 0 aliphatic carbocycles. The van der Waals surface area contributed by atoms with Crippen molar-refractivity contribution >= 4 is 26.7 Å². The second kappa shape index (κ2) is 5.97. The van der Waals surface area contributed by atoms with Crippen LogP contribution in [0.2, 0.25) is 0 Å². The minimum Gasteiger partial charge on any atom is -0.497 e. The van der Waals surface area contributed by atoms with Crippen LogP contribution in [0.3, 0.4) is 0 Å². The van der Waals surface area contributed by atoms with Crippen molar-refractivity contribution in [2.45, 2.75) is 13.3 Å². The number of methoxy groups -OCH3 is 1. The third-order valence-electron chi connectivity index (χ3n) is 3.95. The number of fused-ring (bicyclic) bond motifs is 1. The third kappa shape index (κ3) is 2.88. The lowest BCUT2D eigenvalue weighted by molar-refractivity contribution is 0.345. The lowest BCUT2D eigenvalue weighted by Gasteiger charge is -2.13. The zero-order valence-electron chi connectivity index (χ0n) is 12.1. The molecule has 20 heavy (non-hydrogen) atoms. The van der Waals surface area contributed by atoms with Crippen molar-refractivity contribution < 1.29 is 4.74 Å². The van der Waals surface area contributed by atoms with Crippen molar-refractivity contribution in [3.05, 3.63) is 18.2 Å². The number of hydrogen-bond donors (Lipinski definition) is 1. The summed E-state index contributed by atoms with van der Waals surface area (Å²) in [6.45, 7) is 6.86. The first-order chi connectivity index (χ1) is 9.78. The minimum absolute atomic E-state index is 0.747. The van der Waals surface area contributed by atoms with Crippen LogP contribution in [0.1, 0.15) is 13.3 Å². The van der Waals surface area contributed by atoms with Gasteiger partial charge in [-0.1, -0.05) is 18.3 Å². The van der Waals surface area contributed by atoms with Crippen LogP contribution in [0.5, 0.6) is 5.75 Å². The fourth-order valence-electron chi connectivity index (χ4n) is 2.71. The molecule has 0 bridgehead atoms. The highest BCUT2D eigenvalue weighted by Crippen LogP contribution is 2.29. The molecule has 2 heterocycles. The Labute approximate surface area is 123 Å². The number of ether oxygens (including phenoxy) is 1. The number of anilines is 1. The van der Waals surface area contributed by atoms with Crippen LogP contribution in [0.25, 0.3) is 10.2 Å². The number of aromatic nitrogens is 1. The van der Waals surface area contributed by atoms with E-state index in [0.29, 0.717) is 0 Å². The molecule has 1 unspecified atom stereocenters. The number of hydrogen-bond acceptors (Lipinski definition) is 5. The van der Waals surface area contributed by atoms with Gasteiger partial charge in [-0.05, 0) is 43.6 Å². The van der Waals surface area contributed by atoms with Gasteiger partial charge in [0.05, 0.1) is 17.3 Å². The Morgan fingerprint density at radius 1 is 1.50 bits per heavy atom. The number of nitrogens with one attached hydrogen (secondary N) is 1. The second-order valence-corrected chi connectivity index (χ2v) is 6.31. The van der Waals surface area contributed by atoms with E-state index in [9.17, 15) is 0 Å². The summed E-state index contributed by atoms with van der Waals surface area (Å²) in [5.41, 5.74) is 1.04. The van der Waals surface area contributed by atoms with Crippen LogP contribution in [0.4, 0.5) is 5.13 Å². The summed E-state index contributed by atoms with van der Waals surface area (Å²) in [5.74, 6) is 1.64. The maximum absolute atomic E-state index is 5.25. The first-order valence-corrected chi connectivity index (χ1v) is 8.01. The Morgan fingerprint density at radius 3 is 3.15 bits per heavy atom. The van der Waals surface area contributed by atoms with Gasteiger partial charge in [0.25, 0.3) is 0 Å². The van der Waals surface area contributed by atoms with E-state index in [-0.39, 0.29) is 0 Å². The van der Waals surface area contributed by atoms with Crippen molar-refractivity contribution in [1.82, 2.24) is 9.88 Å². The summed E-state index contributed by atoms with van der Waals surface area (Å²) in [4.78, 5) is 7.14. The van der Waals surface area contributed by atoms with Gasteiger partial charge in [0.15, 0.2) is 5.13 Å². The molecule has 3 rings (SSSR count). The summed E-state index contributed by atoms with van der Waals surface area (Å²) in [7, 11) is 1.70. The predicted octanol–water partition coefficient (Wildman–Crippen LogP) is 3.06. The van der Waals surface area contributed by atoms with Gasteiger partial charge in [-0.25, -0.2) is 4.98 Å². The van der Waals surface area contributed by atoms with Gasteiger partial charge in [0, 0.05) is 13.1 Å². The van der Waals surface area contributed by atoms with Crippen LogP contribution in [-0.4, -0.2) is 43.2 Å². The van der Waals surface area contributed by atoms with E-state index < -0.39 is 0 Å². The van der Waals surface area contributed by atoms with Crippen molar-refractivity contribution in [1.29, 1.82) is 0 Å².